The molecule has 0 fully saturated rings. The number of hydrogen-bond acceptors (Lipinski definition) is 4. The second-order valence-electron chi connectivity index (χ2n) is 4.65. The van der Waals surface area contributed by atoms with Gasteiger partial charge in [0.25, 0.3) is 0 Å². The number of carboxylic acid groups (broad SMARTS) is 1. The van der Waals surface area contributed by atoms with Crippen molar-refractivity contribution in [3.63, 3.8) is 0 Å². The van der Waals surface area contributed by atoms with Gasteiger partial charge in [0.05, 0.1) is 5.92 Å². The third kappa shape index (κ3) is 5.38. The molecule has 1 aromatic rings. The molecule has 19 heavy (non-hydrogen) atoms. The van der Waals surface area contributed by atoms with Gasteiger partial charge >= 0.3 is 5.97 Å². The second kappa shape index (κ2) is 7.89. The highest BCUT2D eigenvalue weighted by atomic mass is 32.1. The number of aromatic nitrogens is 1. The van der Waals surface area contributed by atoms with Gasteiger partial charge in [-0.05, 0) is 12.3 Å². The maximum absolute atomic E-state index is 11.8. The summed E-state index contributed by atoms with van der Waals surface area (Å²) in [5, 5.41) is 14.2. The first-order chi connectivity index (χ1) is 9.04. The predicted octanol–water partition coefficient (Wildman–Crippen LogP) is 3.00. The highest BCUT2D eigenvalue weighted by Crippen LogP contribution is 2.23. The summed E-state index contributed by atoms with van der Waals surface area (Å²) in [4.78, 5) is 27.0. The van der Waals surface area contributed by atoms with Crippen molar-refractivity contribution < 1.29 is 14.7 Å². The van der Waals surface area contributed by atoms with Crippen molar-refractivity contribution in [2.45, 2.75) is 39.5 Å². The SMILES string of the molecule is CCCC[C@@H](C(=O)O)[C@H](C)CC(=O)Nc1nccs1. The monoisotopic (exact) mass is 284 g/mol. The fourth-order valence-electron chi connectivity index (χ4n) is 1.97. The summed E-state index contributed by atoms with van der Waals surface area (Å²) in [7, 11) is 0. The molecule has 0 radical (unpaired) electrons. The van der Waals surface area contributed by atoms with Crippen LogP contribution in [0.15, 0.2) is 11.6 Å². The number of thiazole rings is 1. The molecule has 0 unspecified atom stereocenters. The van der Waals surface area contributed by atoms with Crippen molar-refractivity contribution in [3.8, 4) is 0 Å². The molecule has 1 heterocycles. The van der Waals surface area contributed by atoms with Crippen LogP contribution >= 0.6 is 11.3 Å². The minimum Gasteiger partial charge on any atom is -0.481 e. The number of carboxylic acids is 1. The van der Waals surface area contributed by atoms with Gasteiger partial charge in [-0.3, -0.25) is 9.59 Å². The summed E-state index contributed by atoms with van der Waals surface area (Å²) in [5.41, 5.74) is 0. The molecule has 0 aliphatic rings. The van der Waals surface area contributed by atoms with Gasteiger partial charge in [0, 0.05) is 18.0 Å². The lowest BCUT2D eigenvalue weighted by Crippen LogP contribution is -2.26. The smallest absolute Gasteiger partial charge is 0.306 e. The first-order valence-corrected chi connectivity index (χ1v) is 7.34. The molecule has 106 valence electrons. The maximum atomic E-state index is 11.8. The van der Waals surface area contributed by atoms with Gasteiger partial charge in [-0.25, -0.2) is 4.98 Å². The van der Waals surface area contributed by atoms with Crippen LogP contribution in [0, 0.1) is 11.8 Å². The summed E-state index contributed by atoms with van der Waals surface area (Å²) < 4.78 is 0. The van der Waals surface area contributed by atoms with E-state index in [4.69, 9.17) is 0 Å². The number of amides is 1. The number of hydrogen-bond donors (Lipinski definition) is 2. The lowest BCUT2D eigenvalue weighted by molar-refractivity contribution is -0.144. The van der Waals surface area contributed by atoms with Crippen molar-refractivity contribution >= 4 is 28.3 Å². The predicted molar refractivity (Wildman–Crippen MR) is 75.2 cm³/mol. The van der Waals surface area contributed by atoms with Gasteiger partial charge in [-0.15, -0.1) is 11.3 Å². The first-order valence-electron chi connectivity index (χ1n) is 6.46. The molecule has 6 heteroatoms. The molecule has 1 amide bonds. The summed E-state index contributed by atoms with van der Waals surface area (Å²) in [6.45, 7) is 3.84. The minimum absolute atomic E-state index is 0.176. The number of nitrogens with one attached hydrogen (secondary N) is 1. The van der Waals surface area contributed by atoms with Crippen LogP contribution in [0.5, 0.6) is 0 Å². The lowest BCUT2D eigenvalue weighted by Gasteiger charge is -2.19. The summed E-state index contributed by atoms with van der Waals surface area (Å²) in [6.07, 6.45) is 4.28. The van der Waals surface area contributed by atoms with Crippen molar-refractivity contribution in [2.75, 3.05) is 5.32 Å². The van der Waals surface area contributed by atoms with Crippen LogP contribution in [-0.2, 0) is 9.59 Å². The van der Waals surface area contributed by atoms with Crippen molar-refractivity contribution in [1.29, 1.82) is 0 Å². The lowest BCUT2D eigenvalue weighted by atomic mass is 9.87. The molecule has 0 aliphatic carbocycles. The molecule has 1 aromatic heterocycles. The van der Waals surface area contributed by atoms with E-state index < -0.39 is 11.9 Å². The van der Waals surface area contributed by atoms with Crippen LogP contribution in [0.1, 0.15) is 39.5 Å². The quantitative estimate of drug-likeness (QED) is 0.769. The minimum atomic E-state index is -0.817. The largest absolute Gasteiger partial charge is 0.481 e. The van der Waals surface area contributed by atoms with Gasteiger partial charge in [-0.1, -0.05) is 26.7 Å². The topological polar surface area (TPSA) is 79.3 Å². The van der Waals surface area contributed by atoms with E-state index in [2.05, 4.69) is 10.3 Å². The fraction of sp³-hybridized carbons (Fsp3) is 0.615. The number of aliphatic carboxylic acids is 1. The number of unbranched alkanes of at least 4 members (excludes halogenated alkanes) is 1. The molecule has 0 saturated carbocycles. The van der Waals surface area contributed by atoms with Gasteiger partial charge in [0.15, 0.2) is 5.13 Å². The van der Waals surface area contributed by atoms with Crippen molar-refractivity contribution in [2.24, 2.45) is 11.8 Å². The highest BCUT2D eigenvalue weighted by molar-refractivity contribution is 7.13. The first kappa shape index (κ1) is 15.6. The molecule has 0 bridgehead atoms. The van der Waals surface area contributed by atoms with E-state index in [9.17, 15) is 14.7 Å². The van der Waals surface area contributed by atoms with Gasteiger partial charge in [-0.2, -0.15) is 0 Å². The maximum Gasteiger partial charge on any atom is 0.306 e. The molecule has 1 rings (SSSR count). The zero-order valence-electron chi connectivity index (χ0n) is 11.3. The Morgan fingerprint density at radius 1 is 1.53 bits per heavy atom. The molecule has 2 N–H and O–H groups in total. The molecular formula is C13H20N2O3S. The Hall–Kier alpha value is -1.43. The third-order valence-corrected chi connectivity index (χ3v) is 3.75. The molecule has 2 atom stereocenters. The zero-order chi connectivity index (χ0) is 14.3. The van der Waals surface area contributed by atoms with Crippen molar-refractivity contribution in [3.05, 3.63) is 11.6 Å². The Bertz CT molecular complexity index is 406. The van der Waals surface area contributed by atoms with E-state index in [1.54, 1.807) is 11.6 Å². The molecule has 0 saturated heterocycles. The van der Waals surface area contributed by atoms with E-state index in [0.29, 0.717) is 11.6 Å². The van der Waals surface area contributed by atoms with E-state index in [0.717, 1.165) is 12.8 Å². The number of carbonyl (C=O) groups is 2. The number of nitrogens with zero attached hydrogens (tertiary/aromatic N) is 1. The van der Waals surface area contributed by atoms with Gasteiger partial charge in [0.2, 0.25) is 5.91 Å². The van der Waals surface area contributed by atoms with E-state index in [1.165, 1.54) is 11.3 Å². The van der Waals surface area contributed by atoms with Gasteiger partial charge < -0.3 is 10.4 Å². The molecule has 0 aliphatic heterocycles. The van der Waals surface area contributed by atoms with Crippen LogP contribution in [0.2, 0.25) is 0 Å². The molecule has 5 nitrogen and oxygen atoms in total. The molecule has 0 aromatic carbocycles. The Labute approximate surface area is 117 Å². The van der Waals surface area contributed by atoms with E-state index in [1.807, 2.05) is 13.8 Å². The Morgan fingerprint density at radius 3 is 2.79 bits per heavy atom. The van der Waals surface area contributed by atoms with Crippen molar-refractivity contribution in [1.82, 2.24) is 4.98 Å². The van der Waals surface area contributed by atoms with Crippen LogP contribution < -0.4 is 5.32 Å². The Kier molecular flexibility index (Phi) is 6.49. The van der Waals surface area contributed by atoms with Crippen LogP contribution in [0.3, 0.4) is 0 Å². The van der Waals surface area contributed by atoms with Crippen LogP contribution in [-0.4, -0.2) is 22.0 Å². The Balaban J connectivity index is 2.48. The number of rotatable bonds is 8. The third-order valence-electron chi connectivity index (χ3n) is 3.06. The van der Waals surface area contributed by atoms with Crippen LogP contribution in [0.4, 0.5) is 5.13 Å². The second-order valence-corrected chi connectivity index (χ2v) is 5.55. The fourth-order valence-corrected chi connectivity index (χ4v) is 2.51. The summed E-state index contributed by atoms with van der Waals surface area (Å²) in [6, 6.07) is 0. The highest BCUT2D eigenvalue weighted by Gasteiger charge is 2.26. The van der Waals surface area contributed by atoms with Crippen LogP contribution in [0.25, 0.3) is 0 Å². The number of carbonyl (C=O) groups excluding carboxylic acids is 1. The average Bonchev–Trinajstić information content (AvgIpc) is 2.81. The summed E-state index contributed by atoms with van der Waals surface area (Å²) in [5.74, 6) is -1.63. The molecule has 0 spiro atoms. The standard InChI is InChI=1S/C13H20N2O3S/c1-3-4-5-10(12(17)18)9(2)8-11(16)15-13-14-6-7-19-13/h6-7,9-10H,3-5,8H2,1-2H3,(H,17,18)(H,14,15,16)/t9-,10-/m1/s1. The molecular weight excluding hydrogens is 264 g/mol. The average molecular weight is 284 g/mol. The zero-order valence-corrected chi connectivity index (χ0v) is 12.1. The summed E-state index contributed by atoms with van der Waals surface area (Å²) >= 11 is 1.35. The van der Waals surface area contributed by atoms with E-state index in [-0.39, 0.29) is 18.2 Å². The normalized spacial score (nSPS) is 13.8. The number of anilines is 1. The van der Waals surface area contributed by atoms with E-state index >= 15 is 0 Å². The van der Waals surface area contributed by atoms with Gasteiger partial charge in [0.1, 0.15) is 0 Å². The Morgan fingerprint density at radius 2 is 2.26 bits per heavy atom.